The summed E-state index contributed by atoms with van der Waals surface area (Å²) in [4.78, 5) is 2.53. The minimum absolute atomic E-state index is 0.419. The van der Waals surface area contributed by atoms with Gasteiger partial charge in [0.05, 0.1) is 5.54 Å². The van der Waals surface area contributed by atoms with Gasteiger partial charge in [0.1, 0.15) is 0 Å². The van der Waals surface area contributed by atoms with Crippen LogP contribution < -0.4 is 0 Å². The van der Waals surface area contributed by atoms with Gasteiger partial charge in [-0.15, -0.1) is 0 Å². The van der Waals surface area contributed by atoms with Crippen molar-refractivity contribution in [1.82, 2.24) is 4.90 Å². The van der Waals surface area contributed by atoms with Crippen molar-refractivity contribution in [2.24, 2.45) is 11.3 Å². The van der Waals surface area contributed by atoms with Gasteiger partial charge < -0.3 is 4.90 Å². The minimum Gasteiger partial charge on any atom is -0.372 e. The van der Waals surface area contributed by atoms with Crippen LogP contribution in [0.4, 0.5) is 0 Å². The number of allylic oxidation sites excluding steroid dienone is 1. The van der Waals surface area contributed by atoms with Gasteiger partial charge in [-0.3, -0.25) is 0 Å². The maximum atomic E-state index is 4.41. The average molecular weight is 388 g/mol. The van der Waals surface area contributed by atoms with Crippen molar-refractivity contribution in [1.29, 1.82) is 0 Å². The van der Waals surface area contributed by atoms with Crippen LogP contribution >= 0.6 is 0 Å². The van der Waals surface area contributed by atoms with Gasteiger partial charge >= 0.3 is 0 Å². The molecule has 1 heteroatoms. The van der Waals surface area contributed by atoms with Crippen LogP contribution in [0.15, 0.2) is 24.4 Å². The van der Waals surface area contributed by atoms with E-state index >= 15 is 0 Å². The van der Waals surface area contributed by atoms with Crippen LogP contribution in [0.25, 0.3) is 0 Å². The molecule has 162 valence electrons. The fraction of sp³-hybridized carbons (Fsp3) is 0.852. The van der Waals surface area contributed by atoms with Crippen molar-refractivity contribution in [2.75, 3.05) is 7.05 Å². The highest BCUT2D eigenvalue weighted by Gasteiger charge is 2.86. The van der Waals surface area contributed by atoms with E-state index in [-0.39, 0.29) is 0 Å². The molecule has 0 heterocycles. The Morgan fingerprint density at radius 1 is 0.786 bits per heavy atom. The van der Waals surface area contributed by atoms with E-state index in [9.17, 15) is 0 Å². The standard InChI is InChI=1S/C27H49N/c1-7-8-9-10-11-12-13-14-15-16-17-18-19-20-24(4)28(6)27-21-26(27,22-27)25(5)23(2)3/h23H,4-5,7-22H2,1-3,6H3. The van der Waals surface area contributed by atoms with E-state index in [0.29, 0.717) is 16.9 Å². The second-order valence-electron chi connectivity index (χ2n) is 10.3. The molecule has 0 radical (unpaired) electrons. The normalized spacial score (nSPS) is 24.9. The van der Waals surface area contributed by atoms with E-state index in [4.69, 9.17) is 0 Å². The summed E-state index contributed by atoms with van der Waals surface area (Å²) in [5.74, 6) is 0.618. The Morgan fingerprint density at radius 2 is 1.21 bits per heavy atom. The molecule has 2 saturated carbocycles. The smallest absolute Gasteiger partial charge is 0.0509 e. The number of hydrogen-bond acceptors (Lipinski definition) is 1. The molecule has 0 aromatic carbocycles. The zero-order valence-electron chi connectivity index (χ0n) is 19.8. The molecule has 0 aromatic rings. The lowest BCUT2D eigenvalue weighted by molar-refractivity contribution is 0.328. The monoisotopic (exact) mass is 387 g/mol. The van der Waals surface area contributed by atoms with Crippen molar-refractivity contribution in [2.45, 2.75) is 129 Å². The molecule has 2 aliphatic rings. The molecule has 0 spiro atoms. The first-order chi connectivity index (χ1) is 13.4. The first-order valence-corrected chi connectivity index (χ1v) is 12.5. The van der Waals surface area contributed by atoms with E-state index in [1.165, 1.54) is 114 Å². The largest absolute Gasteiger partial charge is 0.372 e. The molecule has 28 heavy (non-hydrogen) atoms. The van der Waals surface area contributed by atoms with Crippen molar-refractivity contribution >= 4 is 0 Å². The van der Waals surface area contributed by atoms with E-state index in [1.54, 1.807) is 0 Å². The summed E-state index contributed by atoms with van der Waals surface area (Å²) in [7, 11) is 2.28. The third kappa shape index (κ3) is 5.67. The number of hydrogen-bond donors (Lipinski definition) is 0. The first kappa shape index (κ1) is 23.6. The van der Waals surface area contributed by atoms with Crippen LogP contribution in [-0.2, 0) is 0 Å². The zero-order valence-corrected chi connectivity index (χ0v) is 19.8. The summed E-state index contributed by atoms with van der Waals surface area (Å²) < 4.78 is 0. The maximum absolute atomic E-state index is 4.41. The SMILES string of the molecule is C=C(CCCCCCCCCCCCCCC)N(C)C12CC1(C(=C)C(C)C)C2. The van der Waals surface area contributed by atoms with Crippen LogP contribution in [0.5, 0.6) is 0 Å². The highest BCUT2D eigenvalue weighted by molar-refractivity contribution is 5.50. The van der Waals surface area contributed by atoms with Gasteiger partial charge in [0, 0.05) is 18.2 Å². The fourth-order valence-corrected chi connectivity index (χ4v) is 5.31. The van der Waals surface area contributed by atoms with Crippen molar-refractivity contribution in [3.63, 3.8) is 0 Å². The van der Waals surface area contributed by atoms with Gasteiger partial charge in [-0.05, 0) is 31.6 Å². The molecule has 0 aliphatic heterocycles. The van der Waals surface area contributed by atoms with Crippen LogP contribution in [-0.4, -0.2) is 17.5 Å². The van der Waals surface area contributed by atoms with Crippen LogP contribution in [0.3, 0.4) is 0 Å². The Hall–Kier alpha value is -0.720. The fourth-order valence-electron chi connectivity index (χ4n) is 5.31. The Labute approximate surface area is 177 Å². The van der Waals surface area contributed by atoms with Crippen molar-refractivity contribution < 1.29 is 0 Å². The van der Waals surface area contributed by atoms with Crippen molar-refractivity contribution in [3.8, 4) is 0 Å². The third-order valence-electron chi connectivity index (χ3n) is 7.83. The predicted octanol–water partition coefficient (Wildman–Crippen LogP) is 8.66. The van der Waals surface area contributed by atoms with Gasteiger partial charge in [-0.1, -0.05) is 117 Å². The number of unbranched alkanes of at least 4 members (excludes halogenated alkanes) is 12. The molecule has 0 N–H and O–H groups in total. The van der Waals surface area contributed by atoms with E-state index in [0.717, 1.165) is 0 Å². The van der Waals surface area contributed by atoms with Gasteiger partial charge in [0.15, 0.2) is 0 Å². The van der Waals surface area contributed by atoms with E-state index in [1.807, 2.05) is 0 Å². The molecule has 2 fully saturated rings. The lowest BCUT2D eigenvalue weighted by Gasteiger charge is -2.25. The highest BCUT2D eigenvalue weighted by atomic mass is 15.3. The predicted molar refractivity (Wildman–Crippen MR) is 126 cm³/mol. The molecule has 0 bridgehead atoms. The second kappa shape index (κ2) is 10.9. The zero-order chi connectivity index (χ0) is 20.6. The summed E-state index contributed by atoms with van der Waals surface area (Å²) in [6.07, 6.45) is 22.3. The summed E-state index contributed by atoms with van der Waals surface area (Å²) >= 11 is 0. The molecular formula is C27H49N. The Morgan fingerprint density at radius 3 is 1.64 bits per heavy atom. The topological polar surface area (TPSA) is 3.24 Å². The van der Waals surface area contributed by atoms with Gasteiger partial charge in [-0.2, -0.15) is 0 Å². The lowest BCUT2D eigenvalue weighted by atomic mass is 9.95. The Balaban J connectivity index is 1.43. The summed E-state index contributed by atoms with van der Waals surface area (Å²) in [5.41, 5.74) is 3.71. The quantitative estimate of drug-likeness (QED) is 0.168. The minimum atomic E-state index is 0.419. The van der Waals surface area contributed by atoms with Crippen molar-refractivity contribution in [3.05, 3.63) is 24.4 Å². The molecule has 2 aliphatic carbocycles. The van der Waals surface area contributed by atoms with Crippen LogP contribution in [0, 0.1) is 11.3 Å². The number of rotatable bonds is 18. The molecule has 2 rings (SSSR count). The summed E-state index contributed by atoms with van der Waals surface area (Å²) in [5, 5.41) is 0. The third-order valence-corrected chi connectivity index (χ3v) is 7.83. The van der Waals surface area contributed by atoms with Gasteiger partial charge in [-0.25, -0.2) is 0 Å². The average Bonchev–Trinajstić information content (AvgIpc) is 3.51. The molecule has 0 amide bonds. The van der Waals surface area contributed by atoms with Gasteiger partial charge in [0.25, 0.3) is 0 Å². The van der Waals surface area contributed by atoms with Gasteiger partial charge in [0.2, 0.25) is 0 Å². The molecule has 1 nitrogen and oxygen atoms in total. The molecular weight excluding hydrogens is 338 g/mol. The summed E-state index contributed by atoms with van der Waals surface area (Å²) in [6.45, 7) is 15.7. The van der Waals surface area contributed by atoms with Crippen LogP contribution in [0.1, 0.15) is 124 Å². The molecule has 0 saturated heterocycles. The Kier molecular flexibility index (Phi) is 9.16. The maximum Gasteiger partial charge on any atom is 0.0509 e. The second-order valence-corrected chi connectivity index (χ2v) is 10.3. The number of nitrogens with zero attached hydrogens (tertiary/aromatic N) is 1. The Bertz CT molecular complexity index is 494. The highest BCUT2D eigenvalue weighted by Crippen LogP contribution is 2.85. The van der Waals surface area contributed by atoms with E-state index < -0.39 is 0 Å². The van der Waals surface area contributed by atoms with Crippen LogP contribution in [0.2, 0.25) is 0 Å². The first-order valence-electron chi connectivity index (χ1n) is 12.5. The molecule has 0 unspecified atom stereocenters. The lowest BCUT2D eigenvalue weighted by Crippen LogP contribution is -2.25. The van der Waals surface area contributed by atoms with E-state index in [2.05, 4.69) is 45.9 Å². The summed E-state index contributed by atoms with van der Waals surface area (Å²) in [6, 6.07) is 0. The molecule has 0 aromatic heterocycles. The molecule has 0 atom stereocenters. The number of fused-ring (bicyclic) bond motifs is 1.